The molecule has 6 heteroatoms. The van der Waals surface area contributed by atoms with Crippen molar-refractivity contribution in [3.63, 3.8) is 0 Å². The van der Waals surface area contributed by atoms with Crippen LogP contribution in [-0.2, 0) is 11.3 Å². The first-order valence-corrected chi connectivity index (χ1v) is 9.22. The van der Waals surface area contributed by atoms with Gasteiger partial charge < -0.3 is 10.2 Å². The molecule has 136 valence electrons. The number of nitrogens with one attached hydrogen (secondary N) is 1. The molecule has 25 heavy (non-hydrogen) atoms. The van der Waals surface area contributed by atoms with Gasteiger partial charge in [0.05, 0.1) is 12.5 Å². The maximum atomic E-state index is 13.1. The molecule has 2 heterocycles. The largest absolute Gasteiger partial charge is 0.335 e. The fourth-order valence-corrected chi connectivity index (χ4v) is 4.03. The zero-order valence-corrected chi connectivity index (χ0v) is 16.1. The van der Waals surface area contributed by atoms with Crippen molar-refractivity contribution in [3.05, 3.63) is 47.1 Å². The van der Waals surface area contributed by atoms with Gasteiger partial charge in [0, 0.05) is 22.3 Å². The Balaban J connectivity index is 0.00000225. The molecule has 3 rings (SSSR count). The standard InChI is InChI=1S/C19H23FN2OS.ClH/c1-13(2)22(19(23)15-9-10-21-11-15)12-17-7-8-18(24-17)14-3-5-16(20)6-4-14;/h3-8,13,15,21H,9-12H2,1-2H3;1H. The predicted octanol–water partition coefficient (Wildman–Crippen LogP) is 4.32. The van der Waals surface area contributed by atoms with Gasteiger partial charge in [0.2, 0.25) is 5.91 Å². The number of carbonyl (C=O) groups excluding carboxylic acids is 1. The lowest BCUT2D eigenvalue weighted by Gasteiger charge is -2.28. The van der Waals surface area contributed by atoms with E-state index in [0.717, 1.165) is 34.8 Å². The summed E-state index contributed by atoms with van der Waals surface area (Å²) in [6.07, 6.45) is 0.924. The van der Waals surface area contributed by atoms with E-state index in [0.29, 0.717) is 6.54 Å². The molecule has 1 amide bonds. The Morgan fingerprint density at radius 1 is 1.28 bits per heavy atom. The van der Waals surface area contributed by atoms with Crippen molar-refractivity contribution in [3.8, 4) is 10.4 Å². The van der Waals surface area contributed by atoms with Crippen LogP contribution in [0, 0.1) is 11.7 Å². The number of amides is 1. The van der Waals surface area contributed by atoms with Gasteiger partial charge in [-0.1, -0.05) is 12.1 Å². The molecule has 1 fully saturated rings. The van der Waals surface area contributed by atoms with Gasteiger partial charge in [-0.15, -0.1) is 23.7 Å². The van der Waals surface area contributed by atoms with Crippen LogP contribution in [0.4, 0.5) is 4.39 Å². The number of hydrogen-bond donors (Lipinski definition) is 1. The molecule has 1 N–H and O–H groups in total. The monoisotopic (exact) mass is 382 g/mol. The van der Waals surface area contributed by atoms with E-state index in [9.17, 15) is 9.18 Å². The molecular formula is C19H24ClFN2OS. The molecule has 1 unspecified atom stereocenters. The summed E-state index contributed by atoms with van der Waals surface area (Å²) in [5.41, 5.74) is 1.01. The maximum Gasteiger partial charge on any atom is 0.227 e. The number of nitrogens with zero attached hydrogens (tertiary/aromatic N) is 1. The second kappa shape index (κ2) is 8.79. The van der Waals surface area contributed by atoms with Gasteiger partial charge in [0.15, 0.2) is 0 Å². The van der Waals surface area contributed by atoms with Crippen molar-refractivity contribution in [1.82, 2.24) is 10.2 Å². The lowest BCUT2D eigenvalue weighted by molar-refractivity contribution is -0.137. The van der Waals surface area contributed by atoms with Crippen molar-refractivity contribution in [2.75, 3.05) is 13.1 Å². The molecule has 0 aliphatic carbocycles. The fourth-order valence-electron chi connectivity index (χ4n) is 3.02. The molecule has 1 saturated heterocycles. The molecule has 0 spiro atoms. The number of benzene rings is 1. The minimum absolute atomic E-state index is 0. The number of carbonyl (C=O) groups is 1. The molecule has 1 aromatic carbocycles. The highest BCUT2D eigenvalue weighted by Crippen LogP contribution is 2.29. The highest BCUT2D eigenvalue weighted by molar-refractivity contribution is 7.15. The van der Waals surface area contributed by atoms with Crippen LogP contribution in [0.25, 0.3) is 10.4 Å². The van der Waals surface area contributed by atoms with Crippen LogP contribution in [0.1, 0.15) is 25.1 Å². The molecule has 1 aromatic heterocycles. The third-order valence-electron chi connectivity index (χ3n) is 4.43. The first-order valence-electron chi connectivity index (χ1n) is 8.40. The third-order valence-corrected chi connectivity index (χ3v) is 5.55. The molecule has 0 saturated carbocycles. The summed E-state index contributed by atoms with van der Waals surface area (Å²) in [7, 11) is 0. The van der Waals surface area contributed by atoms with Gasteiger partial charge in [-0.25, -0.2) is 4.39 Å². The van der Waals surface area contributed by atoms with Crippen LogP contribution >= 0.6 is 23.7 Å². The summed E-state index contributed by atoms with van der Waals surface area (Å²) >= 11 is 1.67. The van der Waals surface area contributed by atoms with Gasteiger partial charge in [-0.05, 0) is 56.6 Å². The first kappa shape index (κ1) is 19.9. The van der Waals surface area contributed by atoms with Crippen molar-refractivity contribution in [1.29, 1.82) is 0 Å². The number of halogens is 2. The second-order valence-electron chi connectivity index (χ2n) is 6.52. The predicted molar refractivity (Wildman–Crippen MR) is 104 cm³/mol. The van der Waals surface area contributed by atoms with E-state index < -0.39 is 0 Å². The molecule has 1 aliphatic rings. The third kappa shape index (κ3) is 4.81. The van der Waals surface area contributed by atoms with E-state index in [1.807, 2.05) is 11.0 Å². The van der Waals surface area contributed by atoms with E-state index in [-0.39, 0.29) is 36.1 Å². The van der Waals surface area contributed by atoms with Gasteiger partial charge in [0.1, 0.15) is 5.82 Å². The topological polar surface area (TPSA) is 32.3 Å². The molecule has 1 atom stereocenters. The number of thiophene rings is 1. The van der Waals surface area contributed by atoms with Gasteiger partial charge in [-0.2, -0.15) is 0 Å². The van der Waals surface area contributed by atoms with E-state index in [1.54, 1.807) is 23.5 Å². The molecule has 0 bridgehead atoms. The summed E-state index contributed by atoms with van der Waals surface area (Å²) in [6, 6.07) is 10.8. The highest BCUT2D eigenvalue weighted by Gasteiger charge is 2.28. The van der Waals surface area contributed by atoms with Crippen LogP contribution in [0.5, 0.6) is 0 Å². The van der Waals surface area contributed by atoms with Crippen molar-refractivity contribution >= 4 is 29.7 Å². The van der Waals surface area contributed by atoms with Crippen molar-refractivity contribution in [2.45, 2.75) is 32.9 Å². The second-order valence-corrected chi connectivity index (χ2v) is 7.69. The molecule has 3 nitrogen and oxygen atoms in total. The van der Waals surface area contributed by atoms with E-state index in [2.05, 4.69) is 25.2 Å². The normalized spacial score (nSPS) is 16.7. The first-order chi connectivity index (χ1) is 11.5. The van der Waals surface area contributed by atoms with Crippen LogP contribution in [-0.4, -0.2) is 29.9 Å². The van der Waals surface area contributed by atoms with Crippen LogP contribution < -0.4 is 5.32 Å². The average molecular weight is 383 g/mol. The maximum absolute atomic E-state index is 13.1. The molecular weight excluding hydrogens is 359 g/mol. The highest BCUT2D eigenvalue weighted by atomic mass is 35.5. The van der Waals surface area contributed by atoms with E-state index in [4.69, 9.17) is 0 Å². The Labute approximate surface area is 158 Å². The lowest BCUT2D eigenvalue weighted by atomic mass is 10.1. The minimum atomic E-state index is -0.225. The number of hydrogen-bond acceptors (Lipinski definition) is 3. The smallest absolute Gasteiger partial charge is 0.227 e. The molecule has 2 aromatic rings. The quantitative estimate of drug-likeness (QED) is 0.835. The van der Waals surface area contributed by atoms with Gasteiger partial charge in [0.25, 0.3) is 0 Å². The summed E-state index contributed by atoms with van der Waals surface area (Å²) in [6.45, 7) is 6.48. The van der Waals surface area contributed by atoms with Gasteiger partial charge in [-0.3, -0.25) is 4.79 Å². The SMILES string of the molecule is CC(C)N(Cc1ccc(-c2ccc(F)cc2)s1)C(=O)C1CCNC1.Cl. The summed E-state index contributed by atoms with van der Waals surface area (Å²) in [5.74, 6) is 0.118. The molecule has 1 aliphatic heterocycles. The zero-order chi connectivity index (χ0) is 17.1. The number of rotatable bonds is 5. The minimum Gasteiger partial charge on any atom is -0.335 e. The van der Waals surface area contributed by atoms with Crippen molar-refractivity contribution < 1.29 is 9.18 Å². The van der Waals surface area contributed by atoms with Crippen LogP contribution in [0.15, 0.2) is 36.4 Å². The average Bonchev–Trinajstić information content (AvgIpc) is 3.24. The Bertz CT molecular complexity index is 696. The van der Waals surface area contributed by atoms with E-state index in [1.165, 1.54) is 12.1 Å². The summed E-state index contributed by atoms with van der Waals surface area (Å²) in [5, 5.41) is 3.27. The van der Waals surface area contributed by atoms with E-state index >= 15 is 0 Å². The Morgan fingerprint density at radius 3 is 2.60 bits per heavy atom. The summed E-state index contributed by atoms with van der Waals surface area (Å²) < 4.78 is 13.1. The van der Waals surface area contributed by atoms with Crippen LogP contribution in [0.3, 0.4) is 0 Å². The Morgan fingerprint density at radius 2 is 2.00 bits per heavy atom. The Kier molecular flexibility index (Phi) is 6.99. The van der Waals surface area contributed by atoms with Gasteiger partial charge >= 0.3 is 0 Å². The lowest BCUT2D eigenvalue weighted by Crippen LogP contribution is -2.40. The summed E-state index contributed by atoms with van der Waals surface area (Å²) in [4.78, 5) is 17.0. The Hall–Kier alpha value is -1.43. The molecule has 0 radical (unpaired) electrons. The fraction of sp³-hybridized carbons (Fsp3) is 0.421. The zero-order valence-electron chi connectivity index (χ0n) is 14.5. The van der Waals surface area contributed by atoms with Crippen LogP contribution in [0.2, 0.25) is 0 Å². The van der Waals surface area contributed by atoms with Crippen molar-refractivity contribution in [2.24, 2.45) is 5.92 Å².